The number of nitrogens with zero attached hydrogens (tertiary/aromatic N) is 1. The third-order valence-corrected chi connectivity index (χ3v) is 5.95. The predicted molar refractivity (Wildman–Crippen MR) is 105 cm³/mol. The molecular formula is C22H21NO2S. The first kappa shape index (κ1) is 16.9. The Bertz CT molecular complexity index is 912. The molecule has 0 fully saturated rings. The molecular weight excluding hydrogens is 342 g/mol. The van der Waals surface area contributed by atoms with Crippen molar-refractivity contribution in [2.24, 2.45) is 0 Å². The Morgan fingerprint density at radius 3 is 2.50 bits per heavy atom. The van der Waals surface area contributed by atoms with Crippen molar-refractivity contribution in [3.05, 3.63) is 87.1 Å². The van der Waals surface area contributed by atoms with Crippen LogP contribution in [-0.2, 0) is 6.42 Å². The Labute approximate surface area is 157 Å². The molecule has 0 spiro atoms. The first-order valence-electron chi connectivity index (χ1n) is 8.75. The molecule has 0 unspecified atom stereocenters. The van der Waals surface area contributed by atoms with E-state index in [0.717, 1.165) is 24.3 Å². The number of carbonyl (C=O) groups excluding carboxylic acids is 1. The minimum Gasteiger partial charge on any atom is -0.497 e. The van der Waals surface area contributed by atoms with Gasteiger partial charge in [0, 0.05) is 17.0 Å². The van der Waals surface area contributed by atoms with Gasteiger partial charge in [-0.25, -0.2) is 0 Å². The van der Waals surface area contributed by atoms with Crippen LogP contribution >= 0.6 is 11.3 Å². The topological polar surface area (TPSA) is 29.5 Å². The van der Waals surface area contributed by atoms with Gasteiger partial charge in [-0.2, -0.15) is 0 Å². The van der Waals surface area contributed by atoms with Crippen LogP contribution < -0.4 is 4.74 Å². The predicted octanol–water partition coefficient (Wildman–Crippen LogP) is 4.85. The van der Waals surface area contributed by atoms with E-state index in [1.165, 1.54) is 16.0 Å². The Morgan fingerprint density at radius 1 is 1.08 bits per heavy atom. The highest BCUT2D eigenvalue weighted by molar-refractivity contribution is 7.10. The van der Waals surface area contributed by atoms with Crippen LogP contribution in [0.2, 0.25) is 0 Å². The van der Waals surface area contributed by atoms with Crippen LogP contribution in [0.1, 0.15) is 38.0 Å². The maximum absolute atomic E-state index is 13.3. The normalized spacial score (nSPS) is 16.2. The molecule has 0 saturated carbocycles. The second-order valence-electron chi connectivity index (χ2n) is 6.59. The quantitative estimate of drug-likeness (QED) is 0.665. The summed E-state index contributed by atoms with van der Waals surface area (Å²) < 4.78 is 5.21. The summed E-state index contributed by atoms with van der Waals surface area (Å²) in [6, 6.07) is 18.0. The number of fused-ring (bicyclic) bond motifs is 1. The Balaban J connectivity index is 1.73. The van der Waals surface area contributed by atoms with E-state index >= 15 is 0 Å². The summed E-state index contributed by atoms with van der Waals surface area (Å²) in [5.41, 5.74) is 4.34. The standard InChI is InChI=1S/C22H21NO2S/c1-15-3-5-16(6-4-15)21-19-12-14-26-20(19)11-13-23(21)22(24)17-7-9-18(25-2)10-8-17/h3-10,12,14,21H,11,13H2,1-2H3/t21-/m0/s1. The second kappa shape index (κ2) is 6.96. The molecule has 2 aromatic carbocycles. The van der Waals surface area contributed by atoms with Crippen molar-refractivity contribution in [1.29, 1.82) is 0 Å². The van der Waals surface area contributed by atoms with Crippen molar-refractivity contribution >= 4 is 17.2 Å². The molecule has 0 aliphatic carbocycles. The molecule has 2 heterocycles. The summed E-state index contributed by atoms with van der Waals surface area (Å²) in [4.78, 5) is 16.7. The summed E-state index contributed by atoms with van der Waals surface area (Å²) in [7, 11) is 1.63. The van der Waals surface area contributed by atoms with Gasteiger partial charge in [-0.15, -0.1) is 11.3 Å². The van der Waals surface area contributed by atoms with E-state index < -0.39 is 0 Å². The fourth-order valence-electron chi connectivity index (χ4n) is 3.54. The number of rotatable bonds is 3. The number of ether oxygens (including phenoxy) is 1. The molecule has 1 amide bonds. The maximum atomic E-state index is 13.3. The Morgan fingerprint density at radius 2 is 1.81 bits per heavy atom. The average Bonchev–Trinajstić information content (AvgIpc) is 3.16. The van der Waals surface area contributed by atoms with E-state index in [4.69, 9.17) is 4.74 Å². The number of carbonyl (C=O) groups is 1. The lowest BCUT2D eigenvalue weighted by Gasteiger charge is -2.36. The highest BCUT2D eigenvalue weighted by Crippen LogP contribution is 2.38. The van der Waals surface area contributed by atoms with Gasteiger partial charge < -0.3 is 9.64 Å². The Kier molecular flexibility index (Phi) is 4.51. The molecule has 1 aliphatic heterocycles. The molecule has 1 aromatic heterocycles. The number of aryl methyl sites for hydroxylation is 1. The van der Waals surface area contributed by atoms with Gasteiger partial charge in [0.2, 0.25) is 0 Å². The summed E-state index contributed by atoms with van der Waals surface area (Å²) in [5, 5.41) is 2.13. The number of methoxy groups -OCH3 is 1. The Hall–Kier alpha value is -2.59. The van der Waals surface area contributed by atoms with Crippen LogP contribution in [0.5, 0.6) is 5.75 Å². The molecule has 0 bridgehead atoms. The number of hydrogen-bond acceptors (Lipinski definition) is 3. The monoisotopic (exact) mass is 363 g/mol. The fraction of sp³-hybridized carbons (Fsp3) is 0.227. The molecule has 4 heteroatoms. The molecule has 3 aromatic rings. The van der Waals surface area contributed by atoms with Crippen LogP contribution in [0.15, 0.2) is 60.0 Å². The summed E-state index contributed by atoms with van der Waals surface area (Å²) in [6.07, 6.45) is 0.914. The molecule has 1 atom stereocenters. The lowest BCUT2D eigenvalue weighted by atomic mass is 9.92. The number of benzene rings is 2. The molecule has 4 rings (SSSR count). The van der Waals surface area contributed by atoms with E-state index in [1.807, 2.05) is 29.2 Å². The third-order valence-electron chi connectivity index (χ3n) is 4.96. The lowest BCUT2D eigenvalue weighted by molar-refractivity contribution is 0.0696. The van der Waals surface area contributed by atoms with Crippen molar-refractivity contribution < 1.29 is 9.53 Å². The highest BCUT2D eigenvalue weighted by atomic mass is 32.1. The largest absolute Gasteiger partial charge is 0.497 e. The van der Waals surface area contributed by atoms with Crippen LogP contribution in [0.25, 0.3) is 0 Å². The van der Waals surface area contributed by atoms with E-state index in [-0.39, 0.29) is 11.9 Å². The zero-order chi connectivity index (χ0) is 18.1. The van der Waals surface area contributed by atoms with Crippen molar-refractivity contribution in [3.63, 3.8) is 0 Å². The molecule has 3 nitrogen and oxygen atoms in total. The number of hydrogen-bond donors (Lipinski definition) is 0. The van der Waals surface area contributed by atoms with Crippen molar-refractivity contribution in [2.75, 3.05) is 13.7 Å². The van der Waals surface area contributed by atoms with Gasteiger partial charge >= 0.3 is 0 Å². The minimum atomic E-state index is -0.0276. The van der Waals surface area contributed by atoms with Gasteiger partial charge in [-0.05, 0) is 60.2 Å². The second-order valence-corrected chi connectivity index (χ2v) is 7.59. The fourth-order valence-corrected chi connectivity index (χ4v) is 4.45. The minimum absolute atomic E-state index is 0.0276. The average molecular weight is 363 g/mol. The molecule has 1 aliphatic rings. The summed E-state index contributed by atoms with van der Waals surface area (Å²) in [5.74, 6) is 0.825. The first-order valence-corrected chi connectivity index (χ1v) is 9.63. The zero-order valence-electron chi connectivity index (χ0n) is 14.9. The van der Waals surface area contributed by atoms with Gasteiger partial charge in [0.15, 0.2) is 0 Å². The maximum Gasteiger partial charge on any atom is 0.254 e. The van der Waals surface area contributed by atoms with Gasteiger partial charge in [0.1, 0.15) is 5.75 Å². The van der Waals surface area contributed by atoms with Crippen molar-refractivity contribution in [2.45, 2.75) is 19.4 Å². The van der Waals surface area contributed by atoms with E-state index in [9.17, 15) is 4.79 Å². The van der Waals surface area contributed by atoms with Crippen molar-refractivity contribution in [3.8, 4) is 5.75 Å². The first-order chi connectivity index (χ1) is 12.7. The van der Waals surface area contributed by atoms with Gasteiger partial charge in [0.05, 0.1) is 13.2 Å². The van der Waals surface area contributed by atoms with E-state index in [2.05, 4.69) is 42.6 Å². The third kappa shape index (κ3) is 3.01. The lowest BCUT2D eigenvalue weighted by Crippen LogP contribution is -2.40. The molecule has 0 radical (unpaired) electrons. The van der Waals surface area contributed by atoms with Crippen LogP contribution in [0.4, 0.5) is 0 Å². The van der Waals surface area contributed by atoms with Gasteiger partial charge in [-0.3, -0.25) is 4.79 Å². The van der Waals surface area contributed by atoms with Gasteiger partial charge in [-0.1, -0.05) is 29.8 Å². The highest BCUT2D eigenvalue weighted by Gasteiger charge is 2.33. The summed E-state index contributed by atoms with van der Waals surface area (Å²) in [6.45, 7) is 2.82. The molecule has 26 heavy (non-hydrogen) atoms. The van der Waals surface area contributed by atoms with Crippen molar-refractivity contribution in [1.82, 2.24) is 4.90 Å². The molecule has 132 valence electrons. The zero-order valence-corrected chi connectivity index (χ0v) is 15.8. The van der Waals surface area contributed by atoms with Crippen LogP contribution in [0.3, 0.4) is 0 Å². The van der Waals surface area contributed by atoms with Gasteiger partial charge in [0.25, 0.3) is 5.91 Å². The molecule has 0 saturated heterocycles. The number of amides is 1. The van der Waals surface area contributed by atoms with E-state index in [1.54, 1.807) is 18.4 Å². The molecule has 0 N–H and O–H groups in total. The van der Waals surface area contributed by atoms with E-state index in [0.29, 0.717) is 5.56 Å². The van der Waals surface area contributed by atoms with Crippen LogP contribution in [-0.4, -0.2) is 24.5 Å². The number of thiophene rings is 1. The SMILES string of the molecule is COc1ccc(C(=O)N2CCc3sccc3[C@@H]2c2ccc(C)cc2)cc1. The van der Waals surface area contributed by atoms with Crippen LogP contribution in [0, 0.1) is 6.92 Å². The summed E-state index contributed by atoms with van der Waals surface area (Å²) >= 11 is 1.79. The smallest absolute Gasteiger partial charge is 0.254 e.